The van der Waals surface area contributed by atoms with Crippen LogP contribution in [0.15, 0.2) is 22.3 Å². The van der Waals surface area contributed by atoms with Crippen molar-refractivity contribution in [1.82, 2.24) is 14.9 Å². The number of nitrogens with zero attached hydrogens (tertiary/aromatic N) is 2. The molecule has 3 aromatic heterocycles. The first-order chi connectivity index (χ1) is 12.0. The molecule has 0 aliphatic carbocycles. The van der Waals surface area contributed by atoms with E-state index < -0.39 is 0 Å². The van der Waals surface area contributed by atoms with Crippen LogP contribution in [0, 0.1) is 6.92 Å². The summed E-state index contributed by atoms with van der Waals surface area (Å²) in [4.78, 5) is 36.9. The van der Waals surface area contributed by atoms with Gasteiger partial charge in [-0.1, -0.05) is 6.07 Å². The van der Waals surface area contributed by atoms with Gasteiger partial charge in [0.2, 0.25) is 0 Å². The molecule has 0 saturated carbocycles. The van der Waals surface area contributed by atoms with Gasteiger partial charge in [0.15, 0.2) is 5.78 Å². The Hall–Kier alpha value is -1.83. The first-order valence-electron chi connectivity index (χ1n) is 8.35. The van der Waals surface area contributed by atoms with Gasteiger partial charge in [-0.15, -0.1) is 22.7 Å². The van der Waals surface area contributed by atoms with E-state index >= 15 is 0 Å². The number of aromatic amines is 1. The van der Waals surface area contributed by atoms with Crippen molar-refractivity contribution < 1.29 is 4.79 Å². The molecule has 1 N–H and O–H groups in total. The summed E-state index contributed by atoms with van der Waals surface area (Å²) in [5, 5.41) is 2.66. The molecule has 0 bridgehead atoms. The average Bonchev–Trinajstić information content (AvgIpc) is 3.26. The average molecular weight is 374 g/mol. The Balaban J connectivity index is 1.68. The van der Waals surface area contributed by atoms with E-state index in [1.54, 1.807) is 11.3 Å². The molecule has 0 spiro atoms. The Bertz CT molecular complexity index is 988. The Morgan fingerprint density at radius 2 is 2.32 bits per heavy atom. The zero-order valence-corrected chi connectivity index (χ0v) is 15.8. The Morgan fingerprint density at radius 1 is 1.48 bits per heavy atom. The minimum absolute atomic E-state index is 0.0150. The van der Waals surface area contributed by atoms with Gasteiger partial charge in [0.05, 0.1) is 16.8 Å². The van der Waals surface area contributed by atoms with E-state index in [1.165, 1.54) is 23.1 Å². The SMILES string of the molecule is CC(=O)c1sc2nc(CN3CCCC3c3cccs3)[nH]c(=O)c2c1C. The van der Waals surface area contributed by atoms with E-state index in [9.17, 15) is 9.59 Å². The molecule has 7 heteroatoms. The van der Waals surface area contributed by atoms with Crippen molar-refractivity contribution in [2.45, 2.75) is 39.3 Å². The highest BCUT2D eigenvalue weighted by Gasteiger charge is 2.27. The number of thiophene rings is 2. The highest BCUT2D eigenvalue weighted by atomic mass is 32.1. The van der Waals surface area contributed by atoms with Crippen LogP contribution < -0.4 is 5.56 Å². The quantitative estimate of drug-likeness (QED) is 0.705. The van der Waals surface area contributed by atoms with Gasteiger partial charge < -0.3 is 4.98 Å². The number of nitrogens with one attached hydrogen (secondary N) is 1. The van der Waals surface area contributed by atoms with Gasteiger partial charge in [-0.2, -0.15) is 0 Å². The van der Waals surface area contributed by atoms with Gasteiger partial charge in [0, 0.05) is 10.9 Å². The van der Waals surface area contributed by atoms with Gasteiger partial charge in [-0.3, -0.25) is 14.5 Å². The molecule has 1 aliphatic heterocycles. The van der Waals surface area contributed by atoms with Crippen LogP contribution in [0.3, 0.4) is 0 Å². The van der Waals surface area contributed by atoms with Gasteiger partial charge in [0.1, 0.15) is 10.7 Å². The minimum atomic E-state index is -0.145. The Morgan fingerprint density at radius 3 is 3.04 bits per heavy atom. The van der Waals surface area contributed by atoms with Crippen molar-refractivity contribution in [3.05, 3.63) is 49.0 Å². The van der Waals surface area contributed by atoms with Crippen LogP contribution in [0.4, 0.5) is 0 Å². The number of H-pyrrole nitrogens is 1. The molecule has 3 aromatic rings. The summed E-state index contributed by atoms with van der Waals surface area (Å²) in [5.74, 6) is 0.663. The number of carbonyl (C=O) groups excluding carboxylic acids is 1. The zero-order chi connectivity index (χ0) is 17.6. The summed E-state index contributed by atoms with van der Waals surface area (Å²) in [6, 6.07) is 4.66. The number of aromatic nitrogens is 2. The minimum Gasteiger partial charge on any atom is -0.309 e. The van der Waals surface area contributed by atoms with Crippen LogP contribution >= 0.6 is 22.7 Å². The molecule has 4 heterocycles. The summed E-state index contributed by atoms with van der Waals surface area (Å²) in [6.45, 7) is 4.98. The molecule has 25 heavy (non-hydrogen) atoms. The number of hydrogen-bond donors (Lipinski definition) is 1. The molecule has 1 fully saturated rings. The topological polar surface area (TPSA) is 66.1 Å². The van der Waals surface area contributed by atoms with Crippen LogP contribution in [0.1, 0.15) is 51.7 Å². The first kappa shape index (κ1) is 16.6. The van der Waals surface area contributed by atoms with Crippen LogP contribution in [0.25, 0.3) is 10.2 Å². The number of hydrogen-bond acceptors (Lipinski definition) is 6. The monoisotopic (exact) mass is 373 g/mol. The molecule has 5 nitrogen and oxygen atoms in total. The van der Waals surface area contributed by atoms with E-state index in [1.807, 2.05) is 6.92 Å². The molecule has 130 valence electrons. The molecule has 0 radical (unpaired) electrons. The van der Waals surface area contributed by atoms with Crippen molar-refractivity contribution in [3.8, 4) is 0 Å². The first-order valence-corrected chi connectivity index (χ1v) is 10.0. The third kappa shape index (κ3) is 2.96. The molecular formula is C18H19N3O2S2. The van der Waals surface area contributed by atoms with E-state index in [0.29, 0.717) is 33.5 Å². The molecule has 1 atom stereocenters. The van der Waals surface area contributed by atoms with Crippen LogP contribution in [-0.4, -0.2) is 27.2 Å². The maximum absolute atomic E-state index is 12.5. The fourth-order valence-corrected chi connectivity index (χ4v) is 5.60. The molecule has 1 saturated heterocycles. The predicted octanol–water partition coefficient (Wildman–Crippen LogP) is 3.89. The van der Waals surface area contributed by atoms with E-state index in [2.05, 4.69) is 32.4 Å². The lowest BCUT2D eigenvalue weighted by Crippen LogP contribution is -2.25. The molecule has 1 aliphatic rings. The van der Waals surface area contributed by atoms with Gasteiger partial charge >= 0.3 is 0 Å². The summed E-state index contributed by atoms with van der Waals surface area (Å²) >= 11 is 3.10. The van der Waals surface area contributed by atoms with Crippen molar-refractivity contribution in [1.29, 1.82) is 0 Å². The number of aryl methyl sites for hydroxylation is 1. The molecule has 0 amide bonds. The maximum Gasteiger partial charge on any atom is 0.259 e. The number of likely N-dealkylation sites (tertiary alicyclic amines) is 1. The van der Waals surface area contributed by atoms with E-state index in [4.69, 9.17) is 0 Å². The normalized spacial score (nSPS) is 18.2. The van der Waals surface area contributed by atoms with Gasteiger partial charge in [-0.25, -0.2) is 4.98 Å². The summed E-state index contributed by atoms with van der Waals surface area (Å²) in [7, 11) is 0. The Labute approximate surface area is 153 Å². The second kappa shape index (κ2) is 6.48. The van der Waals surface area contributed by atoms with Crippen molar-refractivity contribution in [2.24, 2.45) is 0 Å². The largest absolute Gasteiger partial charge is 0.309 e. The lowest BCUT2D eigenvalue weighted by Gasteiger charge is -2.22. The third-order valence-corrected chi connectivity index (χ3v) is 7.02. The number of rotatable bonds is 4. The van der Waals surface area contributed by atoms with Crippen molar-refractivity contribution >= 4 is 38.7 Å². The Kier molecular flexibility index (Phi) is 4.31. The van der Waals surface area contributed by atoms with Crippen LogP contribution in [-0.2, 0) is 6.54 Å². The zero-order valence-electron chi connectivity index (χ0n) is 14.2. The summed E-state index contributed by atoms with van der Waals surface area (Å²) in [5.41, 5.74) is 0.596. The van der Waals surface area contributed by atoms with Crippen molar-refractivity contribution in [3.63, 3.8) is 0 Å². The summed E-state index contributed by atoms with van der Waals surface area (Å²) in [6.07, 6.45) is 2.29. The molecule has 1 unspecified atom stereocenters. The number of carbonyl (C=O) groups is 1. The second-order valence-electron chi connectivity index (χ2n) is 6.45. The van der Waals surface area contributed by atoms with Crippen LogP contribution in [0.5, 0.6) is 0 Å². The van der Waals surface area contributed by atoms with Gasteiger partial charge in [0.25, 0.3) is 5.56 Å². The number of fused-ring (bicyclic) bond motifs is 1. The number of Topliss-reactive ketones (excluding diaryl/α,β-unsaturated/α-hetero) is 1. The smallest absolute Gasteiger partial charge is 0.259 e. The van der Waals surface area contributed by atoms with E-state index in [-0.39, 0.29) is 11.3 Å². The standard InChI is InChI=1S/C18H19N3O2S2/c1-10-15-17(23)19-14(20-18(15)25-16(10)11(2)22)9-21-7-3-5-12(21)13-6-4-8-24-13/h4,6,8,12H,3,5,7,9H2,1-2H3,(H,19,20,23). The highest BCUT2D eigenvalue weighted by Crippen LogP contribution is 2.35. The second-order valence-corrected chi connectivity index (χ2v) is 8.43. The molecular weight excluding hydrogens is 354 g/mol. The maximum atomic E-state index is 12.5. The van der Waals surface area contributed by atoms with E-state index in [0.717, 1.165) is 24.9 Å². The lowest BCUT2D eigenvalue weighted by molar-refractivity contribution is 0.102. The van der Waals surface area contributed by atoms with Crippen LogP contribution in [0.2, 0.25) is 0 Å². The summed E-state index contributed by atoms with van der Waals surface area (Å²) < 4.78 is 0. The molecule has 4 rings (SSSR count). The fraction of sp³-hybridized carbons (Fsp3) is 0.389. The predicted molar refractivity (Wildman–Crippen MR) is 102 cm³/mol. The van der Waals surface area contributed by atoms with Crippen molar-refractivity contribution in [2.75, 3.05) is 6.54 Å². The lowest BCUT2D eigenvalue weighted by atomic mass is 10.2. The molecule has 0 aromatic carbocycles. The number of ketones is 1. The third-order valence-electron chi connectivity index (χ3n) is 4.76. The fourth-order valence-electron chi connectivity index (χ4n) is 3.61. The van der Waals surface area contributed by atoms with Gasteiger partial charge in [-0.05, 0) is 50.2 Å². The highest BCUT2D eigenvalue weighted by molar-refractivity contribution is 7.20.